The van der Waals surface area contributed by atoms with E-state index < -0.39 is 0 Å². The fourth-order valence-electron chi connectivity index (χ4n) is 1.58. The summed E-state index contributed by atoms with van der Waals surface area (Å²) in [5.74, 6) is 0.122. The zero-order chi connectivity index (χ0) is 13.1. The highest BCUT2D eigenvalue weighted by atomic mass is 35.5. The Bertz CT molecular complexity index is 551. The van der Waals surface area contributed by atoms with Gasteiger partial charge in [0.25, 0.3) is 5.91 Å². The first-order valence-electron chi connectivity index (χ1n) is 5.40. The van der Waals surface area contributed by atoms with Gasteiger partial charge in [-0.2, -0.15) is 0 Å². The highest BCUT2D eigenvalue weighted by Gasteiger charge is 2.16. The lowest BCUT2D eigenvalue weighted by Crippen LogP contribution is -2.26. The van der Waals surface area contributed by atoms with Crippen molar-refractivity contribution in [2.45, 2.75) is 13.0 Å². The summed E-state index contributed by atoms with van der Waals surface area (Å²) in [6.45, 7) is 1.80. The first kappa shape index (κ1) is 12.5. The molecule has 0 spiro atoms. The molecule has 0 aliphatic heterocycles. The minimum atomic E-state index is -0.381. The van der Waals surface area contributed by atoms with Crippen molar-refractivity contribution in [3.8, 4) is 5.75 Å². The van der Waals surface area contributed by atoms with Crippen LogP contribution in [0.15, 0.2) is 41.0 Å². The number of hydrogen-bond acceptors (Lipinski definition) is 3. The van der Waals surface area contributed by atoms with Crippen LogP contribution in [0.2, 0.25) is 5.02 Å². The fraction of sp³-hybridized carbons (Fsp3) is 0.154. The number of halogens is 1. The predicted octanol–water partition coefficient (Wildman–Crippen LogP) is 3.13. The third-order valence-electron chi connectivity index (χ3n) is 2.52. The van der Waals surface area contributed by atoms with Gasteiger partial charge in [-0.15, -0.1) is 0 Å². The van der Waals surface area contributed by atoms with Gasteiger partial charge in [-0.25, -0.2) is 0 Å². The zero-order valence-corrected chi connectivity index (χ0v) is 10.4. The molecule has 1 aromatic carbocycles. The summed E-state index contributed by atoms with van der Waals surface area (Å²) >= 11 is 5.70. The van der Waals surface area contributed by atoms with Gasteiger partial charge in [0, 0.05) is 5.02 Å². The van der Waals surface area contributed by atoms with E-state index in [1.165, 1.54) is 18.4 Å². The predicted molar refractivity (Wildman–Crippen MR) is 67.7 cm³/mol. The molecule has 0 aliphatic carbocycles. The number of amides is 1. The van der Waals surface area contributed by atoms with Crippen LogP contribution < -0.4 is 5.32 Å². The maximum atomic E-state index is 11.9. The lowest BCUT2D eigenvalue weighted by molar-refractivity contribution is 0.0932. The molecule has 0 saturated heterocycles. The third kappa shape index (κ3) is 2.65. The Hall–Kier alpha value is -1.94. The third-order valence-corrected chi connectivity index (χ3v) is 2.76. The molecule has 2 N–H and O–H groups in total. The van der Waals surface area contributed by atoms with Crippen molar-refractivity contribution in [3.05, 3.63) is 52.9 Å². The SMILES string of the molecule is CC(NC(=O)c1ccc(Cl)cc1O)c1ccco1. The van der Waals surface area contributed by atoms with Crippen molar-refractivity contribution >= 4 is 17.5 Å². The van der Waals surface area contributed by atoms with Gasteiger partial charge in [0.05, 0.1) is 17.9 Å². The van der Waals surface area contributed by atoms with Crippen LogP contribution in [0.1, 0.15) is 29.1 Å². The number of carbonyl (C=O) groups is 1. The van der Waals surface area contributed by atoms with Gasteiger partial charge in [0.1, 0.15) is 11.5 Å². The molecule has 0 bridgehead atoms. The van der Waals surface area contributed by atoms with Crippen molar-refractivity contribution < 1.29 is 14.3 Å². The lowest BCUT2D eigenvalue weighted by Gasteiger charge is -2.12. The Kier molecular flexibility index (Phi) is 3.58. The Labute approximate surface area is 109 Å². The minimum Gasteiger partial charge on any atom is -0.507 e. The molecule has 1 unspecified atom stereocenters. The molecule has 1 heterocycles. The molecule has 4 nitrogen and oxygen atoms in total. The maximum Gasteiger partial charge on any atom is 0.255 e. The second-order valence-corrected chi connectivity index (χ2v) is 4.31. The molecule has 5 heteroatoms. The van der Waals surface area contributed by atoms with Crippen LogP contribution in [0, 0.1) is 0 Å². The number of carbonyl (C=O) groups excluding carboxylic acids is 1. The second-order valence-electron chi connectivity index (χ2n) is 3.87. The molecule has 2 aromatic rings. The summed E-state index contributed by atoms with van der Waals surface area (Å²) in [5, 5.41) is 12.7. The second kappa shape index (κ2) is 5.14. The van der Waals surface area contributed by atoms with Crippen LogP contribution >= 0.6 is 11.6 Å². The van der Waals surface area contributed by atoms with Crippen LogP contribution in [0.5, 0.6) is 5.75 Å². The summed E-state index contributed by atoms with van der Waals surface area (Å²) in [6.07, 6.45) is 1.54. The van der Waals surface area contributed by atoms with Gasteiger partial charge in [0.2, 0.25) is 0 Å². The van der Waals surface area contributed by atoms with Gasteiger partial charge < -0.3 is 14.8 Å². The average Bonchev–Trinajstić information content (AvgIpc) is 2.81. The summed E-state index contributed by atoms with van der Waals surface area (Å²) in [5.41, 5.74) is 0.179. The van der Waals surface area contributed by atoms with Crippen molar-refractivity contribution in [2.24, 2.45) is 0 Å². The minimum absolute atomic E-state index is 0.147. The fourth-order valence-corrected chi connectivity index (χ4v) is 1.75. The first-order valence-corrected chi connectivity index (χ1v) is 5.78. The van der Waals surface area contributed by atoms with Crippen LogP contribution in [0.25, 0.3) is 0 Å². The zero-order valence-electron chi connectivity index (χ0n) is 9.68. The van der Waals surface area contributed by atoms with Crippen molar-refractivity contribution in [1.82, 2.24) is 5.32 Å². The molecular formula is C13H12ClNO3. The van der Waals surface area contributed by atoms with E-state index in [1.807, 2.05) is 0 Å². The lowest BCUT2D eigenvalue weighted by atomic mass is 10.1. The van der Waals surface area contributed by atoms with Gasteiger partial charge in [-0.3, -0.25) is 4.79 Å². The molecule has 94 valence electrons. The smallest absolute Gasteiger partial charge is 0.255 e. The summed E-state index contributed by atoms with van der Waals surface area (Å²) < 4.78 is 5.18. The van der Waals surface area contributed by atoms with E-state index >= 15 is 0 Å². The van der Waals surface area contributed by atoms with Crippen molar-refractivity contribution in [2.75, 3.05) is 0 Å². The Morgan fingerprint density at radius 1 is 1.44 bits per heavy atom. The number of phenolic OH excluding ortho intramolecular Hbond substituents is 1. The molecule has 18 heavy (non-hydrogen) atoms. The molecule has 1 amide bonds. The summed E-state index contributed by atoms with van der Waals surface area (Å²) in [4.78, 5) is 11.9. The highest BCUT2D eigenvalue weighted by molar-refractivity contribution is 6.30. The standard InChI is InChI=1S/C13H12ClNO3/c1-8(12-3-2-6-18-12)15-13(17)10-5-4-9(14)7-11(10)16/h2-8,16H,1H3,(H,15,17). The molecule has 0 radical (unpaired) electrons. The van der Waals surface area contributed by atoms with Crippen molar-refractivity contribution in [1.29, 1.82) is 0 Å². The molecule has 1 aromatic heterocycles. The molecule has 0 aliphatic rings. The van der Waals surface area contributed by atoms with E-state index in [1.54, 1.807) is 25.1 Å². The summed E-state index contributed by atoms with van der Waals surface area (Å²) in [6, 6.07) is 7.59. The number of nitrogens with one attached hydrogen (secondary N) is 1. The van der Waals surface area contributed by atoms with E-state index in [0.717, 1.165) is 0 Å². The largest absolute Gasteiger partial charge is 0.507 e. The Morgan fingerprint density at radius 2 is 2.22 bits per heavy atom. The molecule has 0 saturated carbocycles. The van der Waals surface area contributed by atoms with Crippen LogP contribution in [0.4, 0.5) is 0 Å². The van der Waals surface area contributed by atoms with Crippen LogP contribution in [0.3, 0.4) is 0 Å². The van der Waals surface area contributed by atoms with Crippen LogP contribution in [-0.2, 0) is 0 Å². The highest BCUT2D eigenvalue weighted by Crippen LogP contribution is 2.22. The Balaban J connectivity index is 2.12. The number of hydrogen-bond donors (Lipinski definition) is 2. The number of phenols is 1. The van der Waals surface area contributed by atoms with Gasteiger partial charge in [-0.1, -0.05) is 11.6 Å². The van der Waals surface area contributed by atoms with Gasteiger partial charge >= 0.3 is 0 Å². The quantitative estimate of drug-likeness (QED) is 0.896. The van der Waals surface area contributed by atoms with E-state index in [2.05, 4.69) is 5.32 Å². The number of furan rings is 1. The topological polar surface area (TPSA) is 62.5 Å². The van der Waals surface area contributed by atoms with Crippen LogP contribution in [-0.4, -0.2) is 11.0 Å². The summed E-state index contributed by atoms with van der Waals surface area (Å²) in [7, 11) is 0. The number of benzene rings is 1. The monoisotopic (exact) mass is 265 g/mol. The molecule has 1 atom stereocenters. The molecule has 0 fully saturated rings. The van der Waals surface area contributed by atoms with Gasteiger partial charge in [-0.05, 0) is 37.3 Å². The molecular weight excluding hydrogens is 254 g/mol. The number of aromatic hydroxyl groups is 1. The van der Waals surface area contributed by atoms with Gasteiger partial charge in [0.15, 0.2) is 0 Å². The van der Waals surface area contributed by atoms with E-state index in [0.29, 0.717) is 10.8 Å². The molecule has 2 rings (SSSR count). The van der Waals surface area contributed by atoms with E-state index in [-0.39, 0.29) is 23.3 Å². The van der Waals surface area contributed by atoms with E-state index in [4.69, 9.17) is 16.0 Å². The average molecular weight is 266 g/mol. The number of rotatable bonds is 3. The van der Waals surface area contributed by atoms with Crippen molar-refractivity contribution in [3.63, 3.8) is 0 Å². The first-order chi connectivity index (χ1) is 8.58. The van der Waals surface area contributed by atoms with E-state index in [9.17, 15) is 9.90 Å². The Morgan fingerprint density at radius 3 is 2.83 bits per heavy atom. The normalized spacial score (nSPS) is 12.1. The maximum absolute atomic E-state index is 11.9.